The number of amides is 1. The van der Waals surface area contributed by atoms with E-state index in [9.17, 15) is 4.79 Å². The van der Waals surface area contributed by atoms with E-state index in [1.807, 2.05) is 37.3 Å². The first-order valence-electron chi connectivity index (χ1n) is 8.08. The van der Waals surface area contributed by atoms with E-state index in [2.05, 4.69) is 32.2 Å². The van der Waals surface area contributed by atoms with Gasteiger partial charge in [0.2, 0.25) is 5.91 Å². The maximum absolute atomic E-state index is 12.0. The van der Waals surface area contributed by atoms with Gasteiger partial charge in [-0.25, -0.2) is 4.98 Å². The van der Waals surface area contributed by atoms with Crippen LogP contribution in [-0.4, -0.2) is 20.4 Å². The number of fused-ring (bicyclic) bond motifs is 1. The van der Waals surface area contributed by atoms with Gasteiger partial charge in [0.1, 0.15) is 5.82 Å². The van der Waals surface area contributed by atoms with Gasteiger partial charge in [-0.15, -0.1) is 0 Å². The average molecular weight is 310 g/mol. The predicted octanol–water partition coefficient (Wildman–Crippen LogP) is 3.87. The van der Waals surface area contributed by atoms with Gasteiger partial charge in [-0.2, -0.15) is 0 Å². The van der Waals surface area contributed by atoms with Crippen molar-refractivity contribution in [1.29, 1.82) is 0 Å². The standard InChI is InChI=1S/C18H22N4O/c1-14-19-16-9-8-15(13-17(16)20-14)21-18(23)7-3-2-4-10-22-11-5-6-12-22/h5-6,8-9,11-13H,2-4,7,10H2,1H3,(H,19,20)(H,21,23). The highest BCUT2D eigenvalue weighted by molar-refractivity contribution is 5.93. The zero-order valence-electron chi connectivity index (χ0n) is 13.4. The van der Waals surface area contributed by atoms with Crippen molar-refractivity contribution in [2.24, 2.45) is 0 Å². The quantitative estimate of drug-likeness (QED) is 0.651. The SMILES string of the molecule is Cc1nc2ccc(NC(=O)CCCCCn3cccc3)cc2[nH]1. The third-order valence-electron chi connectivity index (χ3n) is 3.87. The second-order valence-electron chi connectivity index (χ2n) is 5.83. The minimum Gasteiger partial charge on any atom is -0.354 e. The fourth-order valence-electron chi connectivity index (χ4n) is 2.71. The van der Waals surface area contributed by atoms with Gasteiger partial charge in [-0.3, -0.25) is 4.79 Å². The number of unbranched alkanes of at least 4 members (excludes halogenated alkanes) is 2. The Morgan fingerprint density at radius 1 is 1.22 bits per heavy atom. The lowest BCUT2D eigenvalue weighted by molar-refractivity contribution is -0.116. The summed E-state index contributed by atoms with van der Waals surface area (Å²) in [6, 6.07) is 9.81. The monoisotopic (exact) mass is 310 g/mol. The molecular formula is C18H22N4O. The van der Waals surface area contributed by atoms with Gasteiger partial charge in [0.25, 0.3) is 0 Å². The van der Waals surface area contributed by atoms with Crippen molar-refractivity contribution in [3.63, 3.8) is 0 Å². The molecule has 2 heterocycles. The molecule has 3 aromatic rings. The fraction of sp³-hybridized carbons (Fsp3) is 0.333. The fourth-order valence-corrected chi connectivity index (χ4v) is 2.71. The van der Waals surface area contributed by atoms with E-state index in [1.54, 1.807) is 0 Å². The minimum absolute atomic E-state index is 0.0709. The molecule has 1 aromatic carbocycles. The van der Waals surface area contributed by atoms with E-state index < -0.39 is 0 Å². The van der Waals surface area contributed by atoms with Crippen LogP contribution in [0.2, 0.25) is 0 Å². The molecule has 0 spiro atoms. The second-order valence-corrected chi connectivity index (χ2v) is 5.83. The number of benzene rings is 1. The van der Waals surface area contributed by atoms with Crippen molar-refractivity contribution in [3.8, 4) is 0 Å². The molecule has 3 rings (SSSR count). The number of carbonyl (C=O) groups excluding carboxylic acids is 1. The van der Waals surface area contributed by atoms with E-state index in [0.717, 1.165) is 48.4 Å². The van der Waals surface area contributed by atoms with E-state index in [-0.39, 0.29) is 5.91 Å². The van der Waals surface area contributed by atoms with Crippen LogP contribution >= 0.6 is 0 Å². The maximum atomic E-state index is 12.0. The van der Waals surface area contributed by atoms with E-state index in [4.69, 9.17) is 0 Å². The molecule has 0 saturated carbocycles. The lowest BCUT2D eigenvalue weighted by Gasteiger charge is -2.06. The number of hydrogen-bond acceptors (Lipinski definition) is 2. The second kappa shape index (κ2) is 7.13. The molecule has 120 valence electrons. The molecule has 0 saturated heterocycles. The Hall–Kier alpha value is -2.56. The summed E-state index contributed by atoms with van der Waals surface area (Å²) in [7, 11) is 0. The largest absolute Gasteiger partial charge is 0.354 e. The summed E-state index contributed by atoms with van der Waals surface area (Å²) in [6.45, 7) is 2.94. The Balaban J connectivity index is 1.41. The summed E-state index contributed by atoms with van der Waals surface area (Å²) in [5.74, 6) is 0.952. The van der Waals surface area contributed by atoms with Gasteiger partial charge in [0.15, 0.2) is 0 Å². The molecule has 23 heavy (non-hydrogen) atoms. The van der Waals surface area contributed by atoms with Crippen LogP contribution in [-0.2, 0) is 11.3 Å². The Labute approximate surface area is 135 Å². The van der Waals surface area contributed by atoms with Crippen LogP contribution in [0.3, 0.4) is 0 Å². The molecule has 2 aromatic heterocycles. The first-order valence-corrected chi connectivity index (χ1v) is 8.08. The lowest BCUT2D eigenvalue weighted by Crippen LogP contribution is -2.11. The summed E-state index contributed by atoms with van der Waals surface area (Å²) < 4.78 is 2.17. The molecule has 5 heteroatoms. The molecule has 0 radical (unpaired) electrons. The number of imidazole rings is 1. The summed E-state index contributed by atoms with van der Waals surface area (Å²) in [4.78, 5) is 19.5. The number of aromatic amines is 1. The van der Waals surface area contributed by atoms with Crippen molar-refractivity contribution >= 4 is 22.6 Å². The molecule has 0 unspecified atom stereocenters. The molecule has 5 nitrogen and oxygen atoms in total. The van der Waals surface area contributed by atoms with Crippen molar-refractivity contribution in [2.75, 3.05) is 5.32 Å². The van der Waals surface area contributed by atoms with Crippen LogP contribution in [0.1, 0.15) is 31.5 Å². The van der Waals surface area contributed by atoms with Crippen LogP contribution in [0.25, 0.3) is 11.0 Å². The van der Waals surface area contributed by atoms with Crippen molar-refractivity contribution in [1.82, 2.24) is 14.5 Å². The molecule has 2 N–H and O–H groups in total. The summed E-state index contributed by atoms with van der Waals surface area (Å²) >= 11 is 0. The van der Waals surface area contributed by atoms with Crippen LogP contribution in [0, 0.1) is 6.92 Å². The van der Waals surface area contributed by atoms with E-state index in [1.165, 1.54) is 0 Å². The van der Waals surface area contributed by atoms with Crippen molar-refractivity contribution in [2.45, 2.75) is 39.2 Å². The van der Waals surface area contributed by atoms with Gasteiger partial charge in [0, 0.05) is 31.0 Å². The average Bonchev–Trinajstić information content (AvgIpc) is 3.14. The van der Waals surface area contributed by atoms with Crippen LogP contribution in [0.5, 0.6) is 0 Å². The highest BCUT2D eigenvalue weighted by Gasteiger charge is 2.05. The topological polar surface area (TPSA) is 62.7 Å². The van der Waals surface area contributed by atoms with Crippen LogP contribution in [0.15, 0.2) is 42.7 Å². The zero-order chi connectivity index (χ0) is 16.1. The zero-order valence-corrected chi connectivity index (χ0v) is 13.4. The number of anilines is 1. The minimum atomic E-state index is 0.0709. The van der Waals surface area contributed by atoms with Crippen molar-refractivity contribution < 1.29 is 4.79 Å². The smallest absolute Gasteiger partial charge is 0.224 e. The first kappa shape index (κ1) is 15.3. The molecule has 1 amide bonds. The number of rotatable bonds is 7. The van der Waals surface area contributed by atoms with Gasteiger partial charge in [0.05, 0.1) is 11.0 Å². The molecular weight excluding hydrogens is 288 g/mol. The van der Waals surface area contributed by atoms with Gasteiger partial charge in [-0.1, -0.05) is 6.42 Å². The molecule has 0 bridgehead atoms. The Kier molecular flexibility index (Phi) is 4.76. The summed E-state index contributed by atoms with van der Waals surface area (Å²) in [5, 5.41) is 2.96. The number of nitrogens with zero attached hydrogens (tertiary/aromatic N) is 2. The van der Waals surface area contributed by atoms with E-state index in [0.29, 0.717) is 6.42 Å². The number of carbonyl (C=O) groups is 1. The molecule has 0 aliphatic carbocycles. The number of hydrogen-bond donors (Lipinski definition) is 2. The Morgan fingerprint density at radius 2 is 2.04 bits per heavy atom. The Bertz CT molecular complexity index is 774. The van der Waals surface area contributed by atoms with Crippen LogP contribution in [0.4, 0.5) is 5.69 Å². The maximum Gasteiger partial charge on any atom is 0.224 e. The van der Waals surface area contributed by atoms with Crippen LogP contribution < -0.4 is 5.32 Å². The number of aryl methyl sites for hydroxylation is 2. The molecule has 0 atom stereocenters. The lowest BCUT2D eigenvalue weighted by atomic mass is 10.2. The third kappa shape index (κ3) is 4.22. The molecule has 0 fully saturated rings. The van der Waals surface area contributed by atoms with Gasteiger partial charge in [-0.05, 0) is 50.1 Å². The summed E-state index contributed by atoms with van der Waals surface area (Å²) in [5.41, 5.74) is 2.69. The number of aromatic nitrogens is 3. The summed E-state index contributed by atoms with van der Waals surface area (Å²) in [6.07, 6.45) is 7.77. The highest BCUT2D eigenvalue weighted by atomic mass is 16.1. The van der Waals surface area contributed by atoms with E-state index >= 15 is 0 Å². The first-order chi connectivity index (χ1) is 11.2. The molecule has 0 aliphatic heterocycles. The Morgan fingerprint density at radius 3 is 2.87 bits per heavy atom. The number of H-pyrrole nitrogens is 1. The van der Waals surface area contributed by atoms with Gasteiger partial charge < -0.3 is 14.9 Å². The normalized spacial score (nSPS) is 11.0. The third-order valence-corrected chi connectivity index (χ3v) is 3.87. The van der Waals surface area contributed by atoms with Gasteiger partial charge >= 0.3 is 0 Å². The molecule has 0 aliphatic rings. The highest BCUT2D eigenvalue weighted by Crippen LogP contribution is 2.17. The number of nitrogens with one attached hydrogen (secondary N) is 2. The predicted molar refractivity (Wildman–Crippen MR) is 92.4 cm³/mol. The van der Waals surface area contributed by atoms with Crippen molar-refractivity contribution in [3.05, 3.63) is 48.5 Å².